The molecule has 20 heavy (non-hydrogen) atoms. The number of hydrogen-bond acceptors (Lipinski definition) is 4. The third-order valence-electron chi connectivity index (χ3n) is 3.59. The van der Waals surface area contributed by atoms with Crippen LogP contribution in [-0.4, -0.2) is 37.9 Å². The Morgan fingerprint density at radius 1 is 0.800 bits per heavy atom. The van der Waals surface area contributed by atoms with Gasteiger partial charge in [0, 0.05) is 7.26 Å². The maximum absolute atomic E-state index is 10.7. The normalized spacial score (nSPS) is 11.9. The molecule has 0 aromatic heterocycles. The SMILES string of the molecule is CCCOP(=O)([O-])OCCC.CC[P+](CC)(CC)CC. The zero-order valence-electron chi connectivity index (χ0n) is 14.2. The summed E-state index contributed by atoms with van der Waals surface area (Å²) < 4.78 is 19.6. The van der Waals surface area contributed by atoms with Crippen LogP contribution in [0, 0.1) is 0 Å². The van der Waals surface area contributed by atoms with E-state index in [1.165, 1.54) is 24.6 Å². The van der Waals surface area contributed by atoms with Crippen molar-refractivity contribution in [3.05, 3.63) is 0 Å². The van der Waals surface area contributed by atoms with Crippen molar-refractivity contribution >= 4 is 15.1 Å². The number of phosphoric acid groups is 1. The molecule has 6 heteroatoms. The largest absolute Gasteiger partial charge is 0.756 e. The fourth-order valence-corrected chi connectivity index (χ4v) is 5.36. The average molecular weight is 328 g/mol. The lowest BCUT2D eigenvalue weighted by Crippen LogP contribution is -2.09. The predicted octanol–water partition coefficient (Wildman–Crippen LogP) is 4.39. The van der Waals surface area contributed by atoms with Gasteiger partial charge in [0.2, 0.25) is 0 Å². The Bertz CT molecular complexity index is 226. The minimum atomic E-state index is -3.98. The van der Waals surface area contributed by atoms with Gasteiger partial charge in [0.1, 0.15) is 0 Å². The van der Waals surface area contributed by atoms with Gasteiger partial charge in [0.15, 0.2) is 0 Å². The summed E-state index contributed by atoms with van der Waals surface area (Å²) in [6.07, 6.45) is 7.16. The first-order valence-electron chi connectivity index (χ1n) is 7.82. The molecule has 0 unspecified atom stereocenters. The highest BCUT2D eigenvalue weighted by molar-refractivity contribution is 7.75. The van der Waals surface area contributed by atoms with E-state index in [1.807, 2.05) is 13.8 Å². The van der Waals surface area contributed by atoms with Crippen LogP contribution in [0.25, 0.3) is 0 Å². The van der Waals surface area contributed by atoms with Gasteiger partial charge in [-0.05, 0) is 40.5 Å². The topological polar surface area (TPSA) is 58.6 Å². The van der Waals surface area contributed by atoms with Gasteiger partial charge in [-0.3, -0.25) is 4.57 Å². The van der Waals surface area contributed by atoms with Gasteiger partial charge < -0.3 is 13.9 Å². The third-order valence-corrected chi connectivity index (χ3v) is 9.95. The molecule has 0 aliphatic rings. The molecule has 0 radical (unpaired) electrons. The summed E-state index contributed by atoms with van der Waals surface area (Å²) in [6, 6.07) is 0. The lowest BCUT2D eigenvalue weighted by atomic mass is 10.5. The van der Waals surface area contributed by atoms with Gasteiger partial charge in [-0.25, -0.2) is 0 Å². The van der Waals surface area contributed by atoms with Crippen molar-refractivity contribution < 1.29 is 18.5 Å². The van der Waals surface area contributed by atoms with Gasteiger partial charge in [-0.2, -0.15) is 0 Å². The van der Waals surface area contributed by atoms with Crippen molar-refractivity contribution in [1.29, 1.82) is 0 Å². The maximum atomic E-state index is 10.7. The molecule has 0 saturated carbocycles. The fraction of sp³-hybridized carbons (Fsp3) is 1.00. The first-order chi connectivity index (χ1) is 9.36. The van der Waals surface area contributed by atoms with Crippen LogP contribution in [0.15, 0.2) is 0 Å². The minimum Gasteiger partial charge on any atom is -0.756 e. The average Bonchev–Trinajstić information content (AvgIpc) is 2.47. The summed E-state index contributed by atoms with van der Waals surface area (Å²) >= 11 is 0. The molecule has 0 fully saturated rings. The van der Waals surface area contributed by atoms with Crippen molar-refractivity contribution in [2.24, 2.45) is 0 Å². The van der Waals surface area contributed by atoms with Gasteiger partial charge in [0.05, 0.1) is 37.9 Å². The van der Waals surface area contributed by atoms with Crippen LogP contribution in [0.5, 0.6) is 0 Å². The molecule has 0 bridgehead atoms. The van der Waals surface area contributed by atoms with Crippen molar-refractivity contribution in [1.82, 2.24) is 0 Å². The van der Waals surface area contributed by atoms with E-state index in [-0.39, 0.29) is 13.2 Å². The lowest BCUT2D eigenvalue weighted by molar-refractivity contribution is -0.225. The number of rotatable bonds is 10. The molecule has 0 aliphatic heterocycles. The summed E-state index contributed by atoms with van der Waals surface area (Å²) in [5, 5.41) is 0. The Morgan fingerprint density at radius 2 is 1.10 bits per heavy atom. The molecular formula is C14H34O4P2. The molecule has 0 aromatic carbocycles. The lowest BCUT2D eigenvalue weighted by Gasteiger charge is -2.21. The zero-order valence-corrected chi connectivity index (χ0v) is 16.0. The van der Waals surface area contributed by atoms with Gasteiger partial charge in [-0.15, -0.1) is 0 Å². The monoisotopic (exact) mass is 328 g/mol. The van der Waals surface area contributed by atoms with Crippen LogP contribution in [0.2, 0.25) is 0 Å². The first kappa shape index (κ1) is 22.8. The smallest absolute Gasteiger partial charge is 0.267 e. The van der Waals surface area contributed by atoms with E-state index in [4.69, 9.17) is 0 Å². The van der Waals surface area contributed by atoms with Gasteiger partial charge >= 0.3 is 0 Å². The predicted molar refractivity (Wildman–Crippen MR) is 89.2 cm³/mol. The van der Waals surface area contributed by atoms with Crippen LogP contribution in [0.3, 0.4) is 0 Å². The molecule has 4 nitrogen and oxygen atoms in total. The summed E-state index contributed by atoms with van der Waals surface area (Å²) in [7, 11) is -4.40. The van der Waals surface area contributed by atoms with E-state index in [9.17, 15) is 9.46 Å². The quantitative estimate of drug-likeness (QED) is 0.558. The molecule has 0 atom stereocenters. The van der Waals surface area contributed by atoms with Crippen LogP contribution < -0.4 is 4.89 Å². The molecule has 0 saturated heterocycles. The molecule has 0 heterocycles. The Kier molecular flexibility index (Phi) is 15.1. The van der Waals surface area contributed by atoms with E-state index in [2.05, 4.69) is 36.7 Å². The minimum absolute atomic E-state index is 0.199. The van der Waals surface area contributed by atoms with E-state index in [0.29, 0.717) is 12.8 Å². The summed E-state index contributed by atoms with van der Waals surface area (Å²) in [5.74, 6) is 0. The number of phosphoric ester groups is 1. The van der Waals surface area contributed by atoms with E-state index in [0.717, 1.165) is 0 Å². The van der Waals surface area contributed by atoms with E-state index >= 15 is 0 Å². The second-order valence-corrected chi connectivity index (χ2v) is 11.3. The zero-order chi connectivity index (χ0) is 16.1. The molecule has 0 rings (SSSR count). The van der Waals surface area contributed by atoms with Crippen LogP contribution in [0.1, 0.15) is 54.4 Å². The van der Waals surface area contributed by atoms with Crippen molar-refractivity contribution in [2.45, 2.75) is 54.4 Å². The Labute approximate surface area is 126 Å². The Balaban J connectivity index is 0. The van der Waals surface area contributed by atoms with Crippen LogP contribution >= 0.6 is 15.1 Å². The van der Waals surface area contributed by atoms with E-state index in [1.54, 1.807) is 0 Å². The standard InChI is InChI=1S/C8H20P.C6H15O4P/c1-5-9(6-2,7-3)8-4;1-3-5-9-11(7,8)10-6-4-2/h5-8H2,1-4H3;3-6H2,1-2H3,(H,7,8)/q+1;/p-1. The summed E-state index contributed by atoms with van der Waals surface area (Å²) in [6.45, 7) is 13.5. The van der Waals surface area contributed by atoms with Crippen molar-refractivity contribution in [3.8, 4) is 0 Å². The molecule has 124 valence electrons. The summed E-state index contributed by atoms with van der Waals surface area (Å²) in [5.41, 5.74) is 0. The highest BCUT2D eigenvalue weighted by atomic mass is 31.2. The van der Waals surface area contributed by atoms with E-state index < -0.39 is 15.1 Å². The first-order valence-corrected chi connectivity index (χ1v) is 11.8. The molecule has 0 aliphatic carbocycles. The maximum Gasteiger partial charge on any atom is 0.267 e. The molecule has 0 N–H and O–H groups in total. The molecule has 0 aromatic rings. The van der Waals surface area contributed by atoms with Crippen LogP contribution in [0.4, 0.5) is 0 Å². The van der Waals surface area contributed by atoms with Crippen LogP contribution in [-0.2, 0) is 13.6 Å². The van der Waals surface area contributed by atoms with Crippen molar-refractivity contribution in [3.63, 3.8) is 0 Å². The second-order valence-electron chi connectivity index (χ2n) is 4.72. The Hall–Kier alpha value is 0.540. The summed E-state index contributed by atoms with van der Waals surface area (Å²) in [4.78, 5) is 10.7. The molecular weight excluding hydrogens is 294 g/mol. The molecule has 0 amide bonds. The highest BCUT2D eigenvalue weighted by Crippen LogP contribution is 2.57. The molecule has 0 spiro atoms. The fourth-order valence-electron chi connectivity index (χ4n) is 1.79. The number of hydrogen-bond donors (Lipinski definition) is 0. The second kappa shape index (κ2) is 13.2. The van der Waals surface area contributed by atoms with Gasteiger partial charge in [0.25, 0.3) is 7.82 Å². The van der Waals surface area contributed by atoms with Gasteiger partial charge in [-0.1, -0.05) is 13.8 Å². The third kappa shape index (κ3) is 11.2. The highest BCUT2D eigenvalue weighted by Gasteiger charge is 2.27. The Morgan fingerprint density at radius 3 is 1.25 bits per heavy atom. The van der Waals surface area contributed by atoms with Crippen molar-refractivity contribution in [2.75, 3.05) is 37.9 Å².